The van der Waals surface area contributed by atoms with Crippen LogP contribution < -0.4 is 4.90 Å². The van der Waals surface area contributed by atoms with Gasteiger partial charge >= 0.3 is 5.97 Å². The lowest BCUT2D eigenvalue weighted by molar-refractivity contribution is 0.0686. The minimum absolute atomic E-state index is 0.181. The van der Waals surface area contributed by atoms with Crippen LogP contribution in [0.3, 0.4) is 0 Å². The Morgan fingerprint density at radius 3 is 2.67 bits per heavy atom. The predicted molar refractivity (Wildman–Crippen MR) is 63.2 cm³/mol. The molecule has 1 N–H and O–H groups in total. The number of carbonyl (C=O) groups is 1. The summed E-state index contributed by atoms with van der Waals surface area (Å²) in [4.78, 5) is 12.4. The van der Waals surface area contributed by atoms with E-state index >= 15 is 0 Å². The van der Waals surface area contributed by atoms with Crippen LogP contribution in [0.4, 0.5) is 10.1 Å². The number of benzene rings is 1. The predicted octanol–water partition coefficient (Wildman–Crippen LogP) is 2.24. The first-order valence-electron chi connectivity index (χ1n) is 5.16. The van der Waals surface area contributed by atoms with Crippen LogP contribution in [0.25, 0.3) is 11.3 Å². The third-order valence-electron chi connectivity index (χ3n) is 2.44. The average molecular weight is 250 g/mol. The van der Waals surface area contributed by atoms with Gasteiger partial charge in [0.15, 0.2) is 11.5 Å². The van der Waals surface area contributed by atoms with Crippen molar-refractivity contribution in [3.63, 3.8) is 0 Å². The second-order valence-corrected chi connectivity index (χ2v) is 3.94. The topological polar surface area (TPSA) is 66.6 Å². The van der Waals surface area contributed by atoms with Gasteiger partial charge in [-0.05, 0) is 18.2 Å². The zero-order chi connectivity index (χ0) is 13.3. The van der Waals surface area contributed by atoms with Crippen LogP contribution in [0, 0.1) is 5.82 Å². The molecule has 1 aromatic heterocycles. The van der Waals surface area contributed by atoms with E-state index in [2.05, 4.69) is 5.16 Å². The summed E-state index contributed by atoms with van der Waals surface area (Å²) in [7, 11) is 3.51. The monoisotopic (exact) mass is 250 g/mol. The Balaban J connectivity index is 2.52. The van der Waals surface area contributed by atoms with Gasteiger partial charge in [-0.1, -0.05) is 5.16 Å². The van der Waals surface area contributed by atoms with Crippen molar-refractivity contribution in [2.45, 2.75) is 0 Å². The SMILES string of the molecule is CN(C)c1cc(F)ccc1-c1cc(C(=O)O)no1. The van der Waals surface area contributed by atoms with E-state index in [-0.39, 0.29) is 17.3 Å². The van der Waals surface area contributed by atoms with Crippen molar-refractivity contribution in [2.75, 3.05) is 19.0 Å². The number of carboxylic acid groups (broad SMARTS) is 1. The highest BCUT2D eigenvalue weighted by Crippen LogP contribution is 2.30. The van der Waals surface area contributed by atoms with Gasteiger partial charge in [0, 0.05) is 25.7 Å². The third kappa shape index (κ3) is 2.17. The average Bonchev–Trinajstić information content (AvgIpc) is 2.78. The number of nitrogens with zero attached hydrogens (tertiary/aromatic N) is 2. The lowest BCUT2D eigenvalue weighted by atomic mass is 10.1. The van der Waals surface area contributed by atoms with Gasteiger partial charge in [-0.25, -0.2) is 9.18 Å². The zero-order valence-corrected chi connectivity index (χ0v) is 9.85. The molecule has 0 spiro atoms. The second-order valence-electron chi connectivity index (χ2n) is 3.94. The van der Waals surface area contributed by atoms with Crippen LogP contribution in [0.2, 0.25) is 0 Å². The Morgan fingerprint density at radius 1 is 1.39 bits per heavy atom. The summed E-state index contributed by atoms with van der Waals surface area (Å²) in [5, 5.41) is 12.2. The van der Waals surface area contributed by atoms with Gasteiger partial charge in [0.1, 0.15) is 5.82 Å². The fraction of sp³-hybridized carbons (Fsp3) is 0.167. The van der Waals surface area contributed by atoms with Crippen molar-refractivity contribution >= 4 is 11.7 Å². The molecule has 2 rings (SSSR count). The molecule has 1 heterocycles. The van der Waals surface area contributed by atoms with E-state index in [4.69, 9.17) is 9.63 Å². The van der Waals surface area contributed by atoms with Crippen LogP contribution in [-0.4, -0.2) is 30.3 Å². The first-order valence-corrected chi connectivity index (χ1v) is 5.16. The molecule has 0 aliphatic heterocycles. The quantitative estimate of drug-likeness (QED) is 0.904. The molecule has 94 valence electrons. The summed E-state index contributed by atoms with van der Waals surface area (Å²) in [6, 6.07) is 5.46. The summed E-state index contributed by atoms with van der Waals surface area (Å²) in [6.45, 7) is 0. The minimum Gasteiger partial charge on any atom is -0.476 e. The second kappa shape index (κ2) is 4.48. The first kappa shape index (κ1) is 12.1. The van der Waals surface area contributed by atoms with Crippen molar-refractivity contribution in [1.82, 2.24) is 5.16 Å². The van der Waals surface area contributed by atoms with E-state index in [1.165, 1.54) is 24.3 Å². The highest BCUT2D eigenvalue weighted by atomic mass is 19.1. The molecule has 6 heteroatoms. The minimum atomic E-state index is -1.17. The molecule has 0 saturated heterocycles. The molecule has 0 radical (unpaired) electrons. The summed E-state index contributed by atoms with van der Waals surface area (Å²) >= 11 is 0. The number of anilines is 1. The van der Waals surface area contributed by atoms with Gasteiger partial charge in [0.2, 0.25) is 0 Å². The molecule has 0 saturated carbocycles. The molecule has 0 aliphatic carbocycles. The van der Waals surface area contributed by atoms with Crippen LogP contribution in [0.1, 0.15) is 10.5 Å². The van der Waals surface area contributed by atoms with Crippen molar-refractivity contribution < 1.29 is 18.8 Å². The Bertz CT molecular complexity index is 593. The highest BCUT2D eigenvalue weighted by Gasteiger charge is 2.16. The van der Waals surface area contributed by atoms with E-state index in [1.807, 2.05) is 0 Å². The molecular formula is C12H11FN2O3. The summed E-state index contributed by atoms with van der Waals surface area (Å²) in [6.07, 6.45) is 0. The van der Waals surface area contributed by atoms with Crippen LogP contribution >= 0.6 is 0 Å². The van der Waals surface area contributed by atoms with Gasteiger partial charge in [-0.15, -0.1) is 0 Å². The maximum atomic E-state index is 13.2. The molecule has 2 aromatic rings. The van der Waals surface area contributed by atoms with E-state index in [1.54, 1.807) is 19.0 Å². The fourth-order valence-corrected chi connectivity index (χ4v) is 1.59. The van der Waals surface area contributed by atoms with Crippen LogP contribution in [0.5, 0.6) is 0 Å². The fourth-order valence-electron chi connectivity index (χ4n) is 1.59. The Kier molecular flexibility index (Phi) is 3.01. The molecule has 0 fully saturated rings. The standard InChI is InChI=1S/C12H11FN2O3/c1-15(2)10-5-7(13)3-4-8(10)11-6-9(12(16)17)14-18-11/h3-6H,1-2H3,(H,16,17). The largest absolute Gasteiger partial charge is 0.476 e. The number of hydrogen-bond donors (Lipinski definition) is 1. The lowest BCUT2D eigenvalue weighted by Gasteiger charge is -2.15. The third-order valence-corrected chi connectivity index (χ3v) is 2.44. The molecule has 0 unspecified atom stereocenters. The molecule has 0 amide bonds. The van der Waals surface area contributed by atoms with Crippen molar-refractivity contribution in [3.05, 3.63) is 35.8 Å². The van der Waals surface area contributed by atoms with Gasteiger partial charge in [0.25, 0.3) is 0 Å². The highest BCUT2D eigenvalue weighted by molar-refractivity contribution is 5.87. The Hall–Kier alpha value is -2.37. The molecule has 18 heavy (non-hydrogen) atoms. The van der Waals surface area contributed by atoms with Crippen molar-refractivity contribution in [1.29, 1.82) is 0 Å². The maximum Gasteiger partial charge on any atom is 0.358 e. The molecule has 0 atom stereocenters. The van der Waals surface area contributed by atoms with Gasteiger partial charge in [0.05, 0.1) is 5.69 Å². The van der Waals surface area contributed by atoms with Crippen molar-refractivity contribution in [2.24, 2.45) is 0 Å². The number of rotatable bonds is 3. The molecule has 1 aromatic carbocycles. The van der Waals surface area contributed by atoms with Crippen LogP contribution in [0.15, 0.2) is 28.8 Å². The van der Waals surface area contributed by atoms with Gasteiger partial charge < -0.3 is 14.5 Å². The maximum absolute atomic E-state index is 13.2. The van der Waals surface area contributed by atoms with Crippen LogP contribution in [-0.2, 0) is 0 Å². The Labute approximate surface area is 102 Å². The Morgan fingerprint density at radius 2 is 2.11 bits per heavy atom. The van der Waals surface area contributed by atoms with Gasteiger partial charge in [-0.3, -0.25) is 0 Å². The molecule has 5 nitrogen and oxygen atoms in total. The molecule has 0 aliphatic rings. The lowest BCUT2D eigenvalue weighted by Crippen LogP contribution is -2.10. The number of carboxylic acids is 1. The smallest absolute Gasteiger partial charge is 0.358 e. The van der Waals surface area contributed by atoms with Crippen molar-refractivity contribution in [3.8, 4) is 11.3 Å². The zero-order valence-electron chi connectivity index (χ0n) is 9.85. The van der Waals surface area contributed by atoms with E-state index in [0.717, 1.165) is 0 Å². The van der Waals surface area contributed by atoms with E-state index < -0.39 is 5.97 Å². The number of aromatic nitrogens is 1. The molecular weight excluding hydrogens is 239 g/mol. The summed E-state index contributed by atoms with van der Waals surface area (Å²) < 4.78 is 18.2. The van der Waals surface area contributed by atoms with E-state index in [0.29, 0.717) is 11.3 Å². The first-order chi connectivity index (χ1) is 8.49. The summed E-state index contributed by atoms with van der Waals surface area (Å²) in [5.41, 5.74) is 0.989. The normalized spacial score (nSPS) is 10.4. The summed E-state index contributed by atoms with van der Waals surface area (Å²) in [5.74, 6) is -1.25. The van der Waals surface area contributed by atoms with Gasteiger partial charge in [-0.2, -0.15) is 0 Å². The number of aromatic carboxylic acids is 1. The number of halogens is 1. The number of hydrogen-bond acceptors (Lipinski definition) is 4. The molecule has 0 bridgehead atoms. The van der Waals surface area contributed by atoms with E-state index in [9.17, 15) is 9.18 Å².